The summed E-state index contributed by atoms with van der Waals surface area (Å²) in [6.07, 6.45) is 0. The van der Waals surface area contributed by atoms with Crippen LogP contribution in [0.3, 0.4) is 0 Å². The van der Waals surface area contributed by atoms with Gasteiger partial charge in [-0.05, 0) is 24.2 Å². The van der Waals surface area contributed by atoms with Gasteiger partial charge in [0.05, 0.1) is 4.90 Å². The van der Waals surface area contributed by atoms with Crippen LogP contribution >= 0.6 is 0 Å². The van der Waals surface area contributed by atoms with E-state index in [1.807, 2.05) is 6.92 Å². The van der Waals surface area contributed by atoms with Gasteiger partial charge in [-0.25, -0.2) is 17.9 Å². The molecular weight excluding hydrogens is 219 g/mol. The van der Waals surface area contributed by atoms with Crippen LogP contribution in [0.4, 0.5) is 4.39 Å². The van der Waals surface area contributed by atoms with Crippen LogP contribution in [0.5, 0.6) is 0 Å². The molecule has 0 saturated carbocycles. The van der Waals surface area contributed by atoms with Crippen molar-refractivity contribution in [1.29, 1.82) is 0 Å². The first-order chi connectivity index (χ1) is 6.95. The highest BCUT2D eigenvalue weighted by atomic mass is 32.2. The van der Waals surface area contributed by atoms with E-state index in [0.717, 1.165) is 6.07 Å². The number of rotatable bonds is 4. The first-order valence-corrected chi connectivity index (χ1v) is 6.01. The summed E-state index contributed by atoms with van der Waals surface area (Å²) in [5.41, 5.74) is 0.473. The maximum Gasteiger partial charge on any atom is 0.238 e. The molecule has 0 saturated heterocycles. The average Bonchev–Trinajstić information content (AvgIpc) is 2.14. The van der Waals surface area contributed by atoms with E-state index < -0.39 is 15.8 Å². The summed E-state index contributed by atoms with van der Waals surface area (Å²) >= 11 is 0. The maximum absolute atomic E-state index is 12.9. The molecule has 0 heterocycles. The second-order valence-corrected chi connectivity index (χ2v) is 4.61. The third-order valence-electron chi connectivity index (χ3n) is 1.90. The predicted molar refractivity (Wildman–Crippen MR) is 55.2 cm³/mol. The molecule has 0 amide bonds. The predicted octanol–water partition coefficient (Wildman–Crippen LogP) is 0.583. The van der Waals surface area contributed by atoms with Crippen molar-refractivity contribution in [2.45, 2.75) is 18.4 Å². The first kappa shape index (κ1) is 12.1. The summed E-state index contributed by atoms with van der Waals surface area (Å²) < 4.78 is 35.2. The zero-order valence-electron chi connectivity index (χ0n) is 8.33. The van der Waals surface area contributed by atoms with Gasteiger partial charge >= 0.3 is 0 Å². The van der Waals surface area contributed by atoms with E-state index in [9.17, 15) is 12.8 Å². The highest BCUT2D eigenvalue weighted by molar-refractivity contribution is 7.89. The lowest BCUT2D eigenvalue weighted by molar-refractivity contribution is 0.588. The fourth-order valence-corrected chi connectivity index (χ4v) is 1.98. The minimum atomic E-state index is -3.87. The number of nitrogens with two attached hydrogens (primary N) is 1. The summed E-state index contributed by atoms with van der Waals surface area (Å²) in [6, 6.07) is 3.56. The Kier molecular flexibility index (Phi) is 3.78. The zero-order valence-corrected chi connectivity index (χ0v) is 9.14. The molecule has 1 rings (SSSR count). The van der Waals surface area contributed by atoms with Crippen LogP contribution < -0.4 is 10.5 Å². The second kappa shape index (κ2) is 4.69. The molecule has 15 heavy (non-hydrogen) atoms. The molecular formula is C9H13FN2O2S. The lowest BCUT2D eigenvalue weighted by atomic mass is 10.2. The molecule has 0 radical (unpaired) electrons. The van der Waals surface area contributed by atoms with Crippen molar-refractivity contribution in [3.8, 4) is 0 Å². The number of sulfonamides is 1. The van der Waals surface area contributed by atoms with Crippen molar-refractivity contribution >= 4 is 10.0 Å². The summed E-state index contributed by atoms with van der Waals surface area (Å²) in [5, 5.41) is 7.93. The zero-order chi connectivity index (χ0) is 11.5. The van der Waals surface area contributed by atoms with Gasteiger partial charge < -0.3 is 5.32 Å². The van der Waals surface area contributed by atoms with Gasteiger partial charge in [-0.3, -0.25) is 0 Å². The van der Waals surface area contributed by atoms with Crippen LogP contribution in [0.15, 0.2) is 23.1 Å². The largest absolute Gasteiger partial charge is 0.313 e. The van der Waals surface area contributed by atoms with Crippen molar-refractivity contribution in [1.82, 2.24) is 5.32 Å². The fraction of sp³-hybridized carbons (Fsp3) is 0.333. The Morgan fingerprint density at radius 2 is 2.13 bits per heavy atom. The first-order valence-electron chi connectivity index (χ1n) is 4.47. The summed E-state index contributed by atoms with van der Waals surface area (Å²) in [6.45, 7) is 2.93. The van der Waals surface area contributed by atoms with E-state index in [1.54, 1.807) is 0 Å². The smallest absolute Gasteiger partial charge is 0.238 e. The van der Waals surface area contributed by atoms with Gasteiger partial charge in [0, 0.05) is 6.54 Å². The van der Waals surface area contributed by atoms with Crippen molar-refractivity contribution in [3.05, 3.63) is 29.6 Å². The lowest BCUT2D eigenvalue weighted by Crippen LogP contribution is -2.19. The fourth-order valence-electron chi connectivity index (χ4n) is 1.20. The van der Waals surface area contributed by atoms with Crippen molar-refractivity contribution < 1.29 is 12.8 Å². The molecule has 84 valence electrons. The van der Waals surface area contributed by atoms with Gasteiger partial charge in [-0.1, -0.05) is 13.0 Å². The Morgan fingerprint density at radius 3 is 2.67 bits per heavy atom. The molecule has 0 atom stereocenters. The normalized spacial score (nSPS) is 11.7. The molecule has 0 aliphatic heterocycles. The van der Waals surface area contributed by atoms with Crippen LogP contribution in [0.2, 0.25) is 0 Å². The molecule has 6 heteroatoms. The number of halogens is 1. The molecule has 0 aliphatic carbocycles. The third-order valence-corrected chi connectivity index (χ3v) is 2.89. The van der Waals surface area contributed by atoms with Gasteiger partial charge in [0.15, 0.2) is 0 Å². The molecule has 4 nitrogen and oxygen atoms in total. The van der Waals surface area contributed by atoms with Crippen LogP contribution in [0.1, 0.15) is 12.5 Å². The SMILES string of the molecule is CCNCc1ccc(F)cc1S(N)(=O)=O. The molecule has 3 N–H and O–H groups in total. The van der Waals surface area contributed by atoms with E-state index in [4.69, 9.17) is 5.14 Å². The quantitative estimate of drug-likeness (QED) is 0.797. The van der Waals surface area contributed by atoms with E-state index in [-0.39, 0.29) is 4.90 Å². The minimum absolute atomic E-state index is 0.163. The Hall–Kier alpha value is -0.980. The molecule has 1 aromatic rings. The van der Waals surface area contributed by atoms with Gasteiger partial charge in [0.25, 0.3) is 0 Å². The van der Waals surface area contributed by atoms with Crippen LogP contribution in [0.25, 0.3) is 0 Å². The maximum atomic E-state index is 12.9. The summed E-state index contributed by atoms with van der Waals surface area (Å²) in [5.74, 6) is -0.612. The Balaban J connectivity index is 3.15. The van der Waals surface area contributed by atoms with Crippen LogP contribution in [-0.4, -0.2) is 15.0 Å². The third kappa shape index (κ3) is 3.26. The molecule has 0 unspecified atom stereocenters. The van der Waals surface area contributed by atoms with E-state index >= 15 is 0 Å². The lowest BCUT2D eigenvalue weighted by Gasteiger charge is -2.07. The van der Waals surface area contributed by atoms with Crippen molar-refractivity contribution in [2.24, 2.45) is 5.14 Å². The van der Waals surface area contributed by atoms with Crippen molar-refractivity contribution in [2.75, 3.05) is 6.54 Å². The van der Waals surface area contributed by atoms with Gasteiger partial charge in [0.1, 0.15) is 5.82 Å². The highest BCUT2D eigenvalue weighted by Crippen LogP contribution is 2.15. The minimum Gasteiger partial charge on any atom is -0.313 e. The Labute approximate surface area is 88.3 Å². The highest BCUT2D eigenvalue weighted by Gasteiger charge is 2.14. The standard InChI is InChI=1S/C9H13FN2O2S/c1-2-12-6-7-3-4-8(10)5-9(7)15(11,13)14/h3-5,12H,2,6H2,1H3,(H2,11,13,14). The molecule has 0 fully saturated rings. The van der Waals surface area contributed by atoms with E-state index in [2.05, 4.69) is 5.32 Å². The van der Waals surface area contributed by atoms with Gasteiger partial charge in [-0.15, -0.1) is 0 Å². The Morgan fingerprint density at radius 1 is 1.47 bits per heavy atom. The number of primary sulfonamides is 1. The van der Waals surface area contributed by atoms with E-state index in [1.165, 1.54) is 12.1 Å². The van der Waals surface area contributed by atoms with E-state index in [0.29, 0.717) is 18.7 Å². The van der Waals surface area contributed by atoms with Crippen molar-refractivity contribution in [3.63, 3.8) is 0 Å². The number of benzene rings is 1. The molecule has 0 bridgehead atoms. The summed E-state index contributed by atoms with van der Waals surface area (Å²) in [4.78, 5) is -0.163. The van der Waals surface area contributed by atoms with Crippen LogP contribution in [0, 0.1) is 5.82 Å². The summed E-state index contributed by atoms with van der Waals surface area (Å²) in [7, 11) is -3.87. The Bertz CT molecular complexity index is 445. The molecule has 0 aliphatic rings. The number of nitrogens with one attached hydrogen (secondary N) is 1. The molecule has 0 spiro atoms. The van der Waals surface area contributed by atoms with Gasteiger partial charge in [0.2, 0.25) is 10.0 Å². The average molecular weight is 232 g/mol. The van der Waals surface area contributed by atoms with Gasteiger partial charge in [-0.2, -0.15) is 0 Å². The molecule has 1 aromatic carbocycles. The monoisotopic (exact) mass is 232 g/mol. The molecule has 0 aromatic heterocycles. The second-order valence-electron chi connectivity index (χ2n) is 3.08. The number of hydrogen-bond acceptors (Lipinski definition) is 3. The number of hydrogen-bond donors (Lipinski definition) is 2. The van der Waals surface area contributed by atoms with Crippen LogP contribution in [-0.2, 0) is 16.6 Å². The topological polar surface area (TPSA) is 72.2 Å².